The molecule has 0 bridgehead atoms. The van der Waals surface area contributed by atoms with Gasteiger partial charge in [-0.3, -0.25) is 0 Å². The van der Waals surface area contributed by atoms with Crippen LogP contribution in [0.3, 0.4) is 0 Å². The molecular formula is C11H14ClNO4S. The molecule has 1 saturated heterocycles. The molecule has 1 atom stereocenters. The molecule has 1 fully saturated rings. The number of hydrogen-bond donors (Lipinski definition) is 2. The van der Waals surface area contributed by atoms with Crippen molar-refractivity contribution in [3.8, 4) is 5.75 Å². The van der Waals surface area contributed by atoms with E-state index in [0.29, 0.717) is 19.4 Å². The van der Waals surface area contributed by atoms with Gasteiger partial charge in [0.1, 0.15) is 4.90 Å². The summed E-state index contributed by atoms with van der Waals surface area (Å²) in [6.07, 6.45) is 1.16. The molecule has 100 valence electrons. The maximum Gasteiger partial charge on any atom is 0.188 e. The summed E-state index contributed by atoms with van der Waals surface area (Å²) in [7, 11) is -3.73. The second-order valence-electron chi connectivity index (χ2n) is 4.20. The molecule has 1 aromatic rings. The van der Waals surface area contributed by atoms with Crippen LogP contribution in [-0.2, 0) is 14.6 Å². The van der Waals surface area contributed by atoms with Gasteiger partial charge >= 0.3 is 0 Å². The van der Waals surface area contributed by atoms with E-state index in [1.807, 2.05) is 0 Å². The number of sulfone groups is 1. The molecule has 1 heterocycles. The first kappa shape index (κ1) is 13.5. The Hall–Kier alpha value is -0.980. The number of aromatic hydroxyl groups is 1. The standard InChI is InChI=1S/C11H14ClNO4S/c12-8-3-4-9(13)10(14)11(8)18(15,16)7-2-1-5-17-6-7/h3-4,7,14H,1-2,5-6,13H2. The number of phenols is 1. The van der Waals surface area contributed by atoms with E-state index in [2.05, 4.69) is 0 Å². The zero-order chi connectivity index (χ0) is 13.3. The molecule has 0 aromatic heterocycles. The van der Waals surface area contributed by atoms with Crippen LogP contribution in [0, 0.1) is 0 Å². The number of benzene rings is 1. The number of anilines is 1. The molecular weight excluding hydrogens is 278 g/mol. The Kier molecular flexibility index (Phi) is 3.70. The van der Waals surface area contributed by atoms with Gasteiger partial charge in [0.25, 0.3) is 0 Å². The summed E-state index contributed by atoms with van der Waals surface area (Å²) in [5.41, 5.74) is 5.51. The van der Waals surface area contributed by atoms with Crippen LogP contribution < -0.4 is 5.73 Å². The fraction of sp³-hybridized carbons (Fsp3) is 0.455. The maximum atomic E-state index is 12.4. The van der Waals surface area contributed by atoms with Crippen molar-refractivity contribution in [2.75, 3.05) is 18.9 Å². The molecule has 1 unspecified atom stereocenters. The van der Waals surface area contributed by atoms with Crippen LogP contribution in [0.15, 0.2) is 17.0 Å². The Morgan fingerprint density at radius 3 is 2.78 bits per heavy atom. The van der Waals surface area contributed by atoms with Crippen LogP contribution in [0.25, 0.3) is 0 Å². The lowest BCUT2D eigenvalue weighted by atomic mass is 10.2. The normalized spacial score (nSPS) is 20.8. The average molecular weight is 292 g/mol. The first-order valence-electron chi connectivity index (χ1n) is 5.53. The molecule has 7 heteroatoms. The van der Waals surface area contributed by atoms with Gasteiger partial charge in [0, 0.05) is 6.61 Å². The SMILES string of the molecule is Nc1ccc(Cl)c(S(=O)(=O)C2CCCOC2)c1O. The zero-order valence-corrected chi connectivity index (χ0v) is 11.2. The van der Waals surface area contributed by atoms with E-state index < -0.39 is 20.8 Å². The van der Waals surface area contributed by atoms with Crippen molar-refractivity contribution in [3.63, 3.8) is 0 Å². The number of ether oxygens (including phenoxy) is 1. The Balaban J connectivity index is 2.50. The maximum absolute atomic E-state index is 12.4. The lowest BCUT2D eigenvalue weighted by Gasteiger charge is -2.23. The molecule has 1 aliphatic rings. The van der Waals surface area contributed by atoms with Gasteiger partial charge in [-0.15, -0.1) is 0 Å². The van der Waals surface area contributed by atoms with Crippen molar-refractivity contribution in [2.24, 2.45) is 0 Å². The lowest BCUT2D eigenvalue weighted by molar-refractivity contribution is 0.0991. The molecule has 0 spiro atoms. The Bertz CT molecular complexity index is 552. The highest BCUT2D eigenvalue weighted by Gasteiger charge is 2.34. The first-order valence-corrected chi connectivity index (χ1v) is 7.45. The van der Waals surface area contributed by atoms with Crippen molar-refractivity contribution < 1.29 is 18.3 Å². The van der Waals surface area contributed by atoms with Crippen LogP contribution in [0.4, 0.5) is 5.69 Å². The molecule has 1 aromatic carbocycles. The zero-order valence-electron chi connectivity index (χ0n) is 9.60. The van der Waals surface area contributed by atoms with Crippen molar-refractivity contribution in [1.29, 1.82) is 0 Å². The van der Waals surface area contributed by atoms with E-state index in [1.165, 1.54) is 12.1 Å². The smallest absolute Gasteiger partial charge is 0.188 e. The van der Waals surface area contributed by atoms with E-state index in [0.717, 1.165) is 0 Å². The average Bonchev–Trinajstić information content (AvgIpc) is 2.35. The van der Waals surface area contributed by atoms with Crippen molar-refractivity contribution in [1.82, 2.24) is 0 Å². The molecule has 0 aliphatic carbocycles. The van der Waals surface area contributed by atoms with Crippen LogP contribution >= 0.6 is 11.6 Å². The highest BCUT2D eigenvalue weighted by molar-refractivity contribution is 7.92. The third-order valence-electron chi connectivity index (χ3n) is 2.96. The molecule has 2 rings (SSSR count). The second kappa shape index (κ2) is 4.95. The minimum absolute atomic E-state index is 0.00490. The second-order valence-corrected chi connectivity index (χ2v) is 6.77. The molecule has 1 aliphatic heterocycles. The van der Waals surface area contributed by atoms with Gasteiger partial charge in [-0.2, -0.15) is 0 Å². The summed E-state index contributed by atoms with van der Waals surface area (Å²) in [5.74, 6) is -0.479. The fourth-order valence-corrected chi connectivity index (χ4v) is 4.24. The van der Waals surface area contributed by atoms with Crippen LogP contribution in [0.1, 0.15) is 12.8 Å². The summed E-state index contributed by atoms with van der Waals surface area (Å²) >= 11 is 5.87. The third kappa shape index (κ3) is 2.28. The Labute approximate surface area is 110 Å². The number of phenolic OH excluding ortho intramolecular Hbond substituents is 1. The highest BCUT2D eigenvalue weighted by Crippen LogP contribution is 2.38. The summed E-state index contributed by atoms with van der Waals surface area (Å²) in [5, 5.41) is 9.11. The van der Waals surface area contributed by atoms with Crippen molar-refractivity contribution >= 4 is 27.1 Å². The topological polar surface area (TPSA) is 89.6 Å². The number of hydrogen-bond acceptors (Lipinski definition) is 5. The van der Waals surface area contributed by atoms with Crippen LogP contribution in [-0.4, -0.2) is 32.0 Å². The van der Waals surface area contributed by atoms with Gasteiger partial charge in [0.15, 0.2) is 15.6 Å². The van der Waals surface area contributed by atoms with E-state index in [1.54, 1.807) is 0 Å². The van der Waals surface area contributed by atoms with E-state index >= 15 is 0 Å². The summed E-state index contributed by atoms with van der Waals surface area (Å²) in [6.45, 7) is 0.676. The summed E-state index contributed by atoms with van der Waals surface area (Å²) in [6, 6.07) is 2.74. The Morgan fingerprint density at radius 1 is 1.44 bits per heavy atom. The first-order chi connectivity index (χ1) is 8.44. The predicted molar refractivity (Wildman–Crippen MR) is 68.6 cm³/mol. The number of rotatable bonds is 2. The third-order valence-corrected chi connectivity index (χ3v) is 5.62. The lowest BCUT2D eigenvalue weighted by Crippen LogP contribution is -2.31. The Morgan fingerprint density at radius 2 is 2.17 bits per heavy atom. The van der Waals surface area contributed by atoms with E-state index in [4.69, 9.17) is 22.1 Å². The fourth-order valence-electron chi connectivity index (χ4n) is 1.95. The van der Waals surface area contributed by atoms with E-state index in [-0.39, 0.29) is 22.2 Å². The largest absolute Gasteiger partial charge is 0.504 e. The van der Waals surface area contributed by atoms with Crippen LogP contribution in [0.2, 0.25) is 5.02 Å². The van der Waals surface area contributed by atoms with Gasteiger partial charge in [-0.05, 0) is 25.0 Å². The van der Waals surface area contributed by atoms with Crippen LogP contribution in [0.5, 0.6) is 5.75 Å². The quantitative estimate of drug-likeness (QED) is 0.638. The molecule has 5 nitrogen and oxygen atoms in total. The molecule has 3 N–H and O–H groups in total. The monoisotopic (exact) mass is 291 g/mol. The number of halogens is 1. The van der Waals surface area contributed by atoms with Crippen molar-refractivity contribution in [3.05, 3.63) is 17.2 Å². The van der Waals surface area contributed by atoms with Gasteiger partial charge in [0.05, 0.1) is 22.6 Å². The van der Waals surface area contributed by atoms with Gasteiger partial charge < -0.3 is 15.6 Å². The molecule has 0 radical (unpaired) electrons. The number of nitrogen functional groups attached to an aromatic ring is 1. The van der Waals surface area contributed by atoms with Crippen molar-refractivity contribution in [2.45, 2.75) is 23.0 Å². The molecule has 18 heavy (non-hydrogen) atoms. The molecule has 0 saturated carbocycles. The van der Waals surface area contributed by atoms with E-state index in [9.17, 15) is 13.5 Å². The molecule has 0 amide bonds. The minimum Gasteiger partial charge on any atom is -0.504 e. The minimum atomic E-state index is -3.73. The van der Waals surface area contributed by atoms with Gasteiger partial charge in [-0.1, -0.05) is 11.6 Å². The number of nitrogens with two attached hydrogens (primary N) is 1. The van der Waals surface area contributed by atoms with Gasteiger partial charge in [-0.25, -0.2) is 8.42 Å². The highest BCUT2D eigenvalue weighted by atomic mass is 35.5. The summed E-state index contributed by atoms with van der Waals surface area (Å²) in [4.78, 5) is -0.292. The summed E-state index contributed by atoms with van der Waals surface area (Å²) < 4.78 is 30.0. The van der Waals surface area contributed by atoms with Gasteiger partial charge in [0.2, 0.25) is 0 Å². The predicted octanol–water partition coefficient (Wildman–Crippen LogP) is 1.58.